The third-order valence-electron chi connectivity index (χ3n) is 3.66. The van der Waals surface area contributed by atoms with Crippen LogP contribution in [-0.2, 0) is 16.1 Å². The number of hydrogen-bond acceptors (Lipinski definition) is 5. The zero-order chi connectivity index (χ0) is 18.2. The van der Waals surface area contributed by atoms with Gasteiger partial charge in [-0.05, 0) is 23.8 Å². The van der Waals surface area contributed by atoms with Crippen molar-refractivity contribution < 1.29 is 19.1 Å². The van der Waals surface area contributed by atoms with Crippen molar-refractivity contribution in [3.63, 3.8) is 0 Å². The van der Waals surface area contributed by atoms with Crippen molar-refractivity contribution in [3.8, 4) is 11.5 Å². The second kappa shape index (κ2) is 9.15. The maximum Gasteiger partial charge on any atom is 0.239 e. The molecule has 0 saturated heterocycles. The largest absolute Gasteiger partial charge is 0.486 e. The molecule has 1 aliphatic heterocycles. The molecule has 3 rings (SSSR count). The third kappa shape index (κ3) is 5.42. The maximum absolute atomic E-state index is 11.9. The number of fused-ring (bicyclic) bond motifs is 1. The molecule has 1 aliphatic rings. The number of carbonyl (C=O) groups is 2. The Hall–Kier alpha value is -2.67. The van der Waals surface area contributed by atoms with Crippen molar-refractivity contribution in [2.45, 2.75) is 11.4 Å². The van der Waals surface area contributed by atoms with E-state index in [0.717, 1.165) is 16.2 Å². The van der Waals surface area contributed by atoms with E-state index in [1.54, 1.807) is 0 Å². The Kier molecular flexibility index (Phi) is 6.38. The van der Waals surface area contributed by atoms with Crippen LogP contribution in [0.3, 0.4) is 0 Å². The first kappa shape index (κ1) is 18.1. The van der Waals surface area contributed by atoms with E-state index in [4.69, 9.17) is 9.47 Å². The Bertz CT molecular complexity index is 767. The van der Waals surface area contributed by atoms with Crippen molar-refractivity contribution in [2.24, 2.45) is 0 Å². The van der Waals surface area contributed by atoms with Gasteiger partial charge >= 0.3 is 0 Å². The second-order valence-corrected chi connectivity index (χ2v) is 6.68. The molecule has 7 heteroatoms. The van der Waals surface area contributed by atoms with Crippen LogP contribution in [0.25, 0.3) is 0 Å². The van der Waals surface area contributed by atoms with Crippen LogP contribution in [0, 0.1) is 0 Å². The van der Waals surface area contributed by atoms with Crippen molar-refractivity contribution >= 4 is 23.6 Å². The zero-order valence-corrected chi connectivity index (χ0v) is 15.0. The predicted octanol–water partition coefficient (Wildman–Crippen LogP) is 1.98. The summed E-state index contributed by atoms with van der Waals surface area (Å²) in [5.74, 6) is 1.24. The normalized spacial score (nSPS) is 12.3. The molecule has 0 aliphatic carbocycles. The number of nitrogens with one attached hydrogen (secondary N) is 2. The lowest BCUT2D eigenvalue weighted by Crippen LogP contribution is -2.37. The molecule has 0 fully saturated rings. The SMILES string of the molecule is O=C(CNC(=O)CSc1ccc2c(c1)OCCO2)NCc1ccccc1. The summed E-state index contributed by atoms with van der Waals surface area (Å²) in [5, 5.41) is 5.39. The van der Waals surface area contributed by atoms with E-state index in [-0.39, 0.29) is 24.1 Å². The summed E-state index contributed by atoms with van der Waals surface area (Å²) < 4.78 is 11.0. The van der Waals surface area contributed by atoms with Crippen molar-refractivity contribution in [2.75, 3.05) is 25.5 Å². The predicted molar refractivity (Wildman–Crippen MR) is 99.5 cm³/mol. The van der Waals surface area contributed by atoms with E-state index in [1.807, 2.05) is 48.5 Å². The Morgan fingerprint density at radius 2 is 1.69 bits per heavy atom. The lowest BCUT2D eigenvalue weighted by atomic mass is 10.2. The Labute approximate surface area is 156 Å². The first-order valence-electron chi connectivity index (χ1n) is 8.30. The number of hydrogen-bond donors (Lipinski definition) is 2. The highest BCUT2D eigenvalue weighted by atomic mass is 32.2. The Morgan fingerprint density at radius 1 is 0.923 bits per heavy atom. The number of ether oxygens (including phenoxy) is 2. The quantitative estimate of drug-likeness (QED) is 0.727. The first-order valence-corrected chi connectivity index (χ1v) is 9.29. The topological polar surface area (TPSA) is 76.7 Å². The summed E-state index contributed by atoms with van der Waals surface area (Å²) in [5.41, 5.74) is 1.02. The molecule has 0 radical (unpaired) electrons. The van der Waals surface area contributed by atoms with Crippen LogP contribution in [0.4, 0.5) is 0 Å². The number of thioether (sulfide) groups is 1. The van der Waals surface area contributed by atoms with Gasteiger partial charge < -0.3 is 20.1 Å². The van der Waals surface area contributed by atoms with Crippen LogP contribution in [0.15, 0.2) is 53.4 Å². The van der Waals surface area contributed by atoms with E-state index < -0.39 is 0 Å². The molecule has 136 valence electrons. The minimum atomic E-state index is -0.216. The summed E-state index contributed by atoms with van der Waals surface area (Å²) in [6.45, 7) is 1.49. The molecule has 2 amide bonds. The fourth-order valence-corrected chi connectivity index (χ4v) is 3.11. The summed E-state index contributed by atoms with van der Waals surface area (Å²) in [6.07, 6.45) is 0. The molecule has 0 unspecified atom stereocenters. The van der Waals surface area contributed by atoms with Crippen molar-refractivity contribution in [3.05, 3.63) is 54.1 Å². The second-order valence-electron chi connectivity index (χ2n) is 5.63. The van der Waals surface area contributed by atoms with Crippen LogP contribution in [0.2, 0.25) is 0 Å². The fourth-order valence-electron chi connectivity index (χ4n) is 2.35. The van der Waals surface area contributed by atoms with Crippen LogP contribution in [0.5, 0.6) is 11.5 Å². The highest BCUT2D eigenvalue weighted by molar-refractivity contribution is 8.00. The first-order chi connectivity index (χ1) is 12.7. The molecule has 0 aromatic heterocycles. The van der Waals surface area contributed by atoms with Crippen molar-refractivity contribution in [1.29, 1.82) is 0 Å². The Balaban J connectivity index is 1.37. The average Bonchev–Trinajstić information content (AvgIpc) is 2.69. The Morgan fingerprint density at radius 3 is 2.50 bits per heavy atom. The van der Waals surface area contributed by atoms with Gasteiger partial charge in [-0.25, -0.2) is 0 Å². The number of amides is 2. The van der Waals surface area contributed by atoms with Crippen LogP contribution < -0.4 is 20.1 Å². The molecular weight excluding hydrogens is 352 g/mol. The molecular formula is C19H20N2O4S. The van der Waals surface area contributed by atoms with Gasteiger partial charge in [0.15, 0.2) is 11.5 Å². The molecule has 26 heavy (non-hydrogen) atoms. The van der Waals surface area contributed by atoms with Crippen LogP contribution >= 0.6 is 11.8 Å². The molecule has 0 saturated carbocycles. The molecule has 0 atom stereocenters. The lowest BCUT2D eigenvalue weighted by Gasteiger charge is -2.18. The summed E-state index contributed by atoms with van der Waals surface area (Å²) >= 11 is 1.38. The zero-order valence-electron chi connectivity index (χ0n) is 14.2. The molecule has 0 spiro atoms. The maximum atomic E-state index is 11.9. The standard InChI is InChI=1S/C19H20N2O4S/c22-18(20-11-14-4-2-1-3-5-14)12-21-19(23)13-26-15-6-7-16-17(10-15)25-9-8-24-16/h1-7,10H,8-9,11-13H2,(H,20,22)(H,21,23). The monoisotopic (exact) mass is 372 g/mol. The van der Waals surface area contributed by atoms with Gasteiger partial charge in [-0.3, -0.25) is 9.59 Å². The van der Waals surface area contributed by atoms with E-state index in [9.17, 15) is 9.59 Å². The molecule has 0 bridgehead atoms. The van der Waals surface area contributed by atoms with E-state index in [0.29, 0.717) is 25.5 Å². The van der Waals surface area contributed by atoms with Gasteiger partial charge in [-0.15, -0.1) is 11.8 Å². The smallest absolute Gasteiger partial charge is 0.239 e. The van der Waals surface area contributed by atoms with Gasteiger partial charge in [0.25, 0.3) is 0 Å². The van der Waals surface area contributed by atoms with Crippen LogP contribution in [-0.4, -0.2) is 37.3 Å². The summed E-state index contributed by atoms with van der Waals surface area (Å²) in [6, 6.07) is 15.2. The van der Waals surface area contributed by atoms with Gasteiger partial charge in [0.05, 0.1) is 12.3 Å². The van der Waals surface area contributed by atoms with Crippen molar-refractivity contribution in [1.82, 2.24) is 10.6 Å². The van der Waals surface area contributed by atoms with E-state index >= 15 is 0 Å². The highest BCUT2D eigenvalue weighted by Crippen LogP contribution is 2.34. The summed E-state index contributed by atoms with van der Waals surface area (Å²) in [4.78, 5) is 24.6. The molecule has 6 nitrogen and oxygen atoms in total. The fraction of sp³-hybridized carbons (Fsp3) is 0.263. The molecule has 2 N–H and O–H groups in total. The third-order valence-corrected chi connectivity index (χ3v) is 4.66. The van der Waals surface area contributed by atoms with Gasteiger partial charge in [-0.2, -0.15) is 0 Å². The minimum Gasteiger partial charge on any atom is -0.486 e. The van der Waals surface area contributed by atoms with Crippen LogP contribution in [0.1, 0.15) is 5.56 Å². The number of rotatable bonds is 7. The number of benzene rings is 2. The lowest BCUT2D eigenvalue weighted by molar-refractivity contribution is -0.124. The number of carbonyl (C=O) groups excluding carboxylic acids is 2. The highest BCUT2D eigenvalue weighted by Gasteiger charge is 2.13. The summed E-state index contributed by atoms with van der Waals surface area (Å²) in [7, 11) is 0. The minimum absolute atomic E-state index is 0.0344. The molecule has 1 heterocycles. The molecule has 2 aromatic rings. The van der Waals surface area contributed by atoms with Gasteiger partial charge in [-0.1, -0.05) is 30.3 Å². The van der Waals surface area contributed by atoms with Gasteiger partial charge in [0.2, 0.25) is 11.8 Å². The van der Waals surface area contributed by atoms with E-state index in [1.165, 1.54) is 11.8 Å². The van der Waals surface area contributed by atoms with Gasteiger partial charge in [0.1, 0.15) is 13.2 Å². The average molecular weight is 372 g/mol. The molecule has 2 aromatic carbocycles. The van der Waals surface area contributed by atoms with E-state index in [2.05, 4.69) is 10.6 Å². The van der Waals surface area contributed by atoms with Gasteiger partial charge in [0, 0.05) is 11.4 Å².